The summed E-state index contributed by atoms with van der Waals surface area (Å²) in [5.41, 5.74) is 8.28. The summed E-state index contributed by atoms with van der Waals surface area (Å²) in [6, 6.07) is 9.09. The van der Waals surface area contributed by atoms with Crippen LogP contribution in [0.4, 0.5) is 4.39 Å². The first-order valence-corrected chi connectivity index (χ1v) is 11.0. The van der Waals surface area contributed by atoms with E-state index in [9.17, 15) is 9.18 Å². The van der Waals surface area contributed by atoms with Gasteiger partial charge in [0.15, 0.2) is 0 Å². The second-order valence-corrected chi connectivity index (χ2v) is 8.98. The van der Waals surface area contributed by atoms with Crippen LogP contribution in [0.25, 0.3) is 0 Å². The van der Waals surface area contributed by atoms with Crippen LogP contribution in [0.5, 0.6) is 0 Å². The molecule has 1 aromatic heterocycles. The van der Waals surface area contributed by atoms with Gasteiger partial charge in [-0.2, -0.15) is 0 Å². The zero-order chi connectivity index (χ0) is 20.7. The maximum absolute atomic E-state index is 13.3. The molecule has 1 aromatic carbocycles. The molecule has 1 aliphatic carbocycles. The quantitative estimate of drug-likeness (QED) is 0.813. The van der Waals surface area contributed by atoms with Crippen LogP contribution in [0.1, 0.15) is 78.5 Å². The summed E-state index contributed by atoms with van der Waals surface area (Å²) in [6.07, 6.45) is 10.3. The van der Waals surface area contributed by atoms with E-state index in [0.29, 0.717) is 36.4 Å². The fraction of sp³-hybridized carbons (Fsp3) is 0.522. The Kier molecular flexibility index (Phi) is 5.15. The average Bonchev–Trinajstić information content (AvgIpc) is 3.30. The van der Waals surface area contributed by atoms with Gasteiger partial charge in [0.25, 0.3) is 0 Å². The summed E-state index contributed by atoms with van der Waals surface area (Å²) in [7, 11) is 0. The van der Waals surface area contributed by atoms with Crippen LogP contribution in [-0.2, 0) is 6.54 Å². The van der Waals surface area contributed by atoms with Crippen LogP contribution < -0.4 is 5.73 Å². The lowest BCUT2D eigenvalue weighted by molar-refractivity contribution is 0.0999. The lowest BCUT2D eigenvalue weighted by atomic mass is 9.84. The summed E-state index contributed by atoms with van der Waals surface area (Å²) in [5, 5.41) is 8.75. The van der Waals surface area contributed by atoms with Gasteiger partial charge in [0.05, 0.1) is 23.8 Å². The lowest BCUT2D eigenvalue weighted by Crippen LogP contribution is -2.41. The van der Waals surface area contributed by atoms with Gasteiger partial charge < -0.3 is 5.73 Å². The topological polar surface area (TPSA) is 77.0 Å². The third kappa shape index (κ3) is 3.78. The van der Waals surface area contributed by atoms with Crippen molar-refractivity contribution in [2.24, 2.45) is 5.73 Å². The van der Waals surface area contributed by atoms with Crippen LogP contribution >= 0.6 is 0 Å². The molecule has 0 spiro atoms. The van der Waals surface area contributed by atoms with Crippen molar-refractivity contribution >= 4 is 5.91 Å². The summed E-state index contributed by atoms with van der Waals surface area (Å²) >= 11 is 0. The highest BCUT2D eigenvalue weighted by Gasteiger charge is 2.41. The molecule has 1 amide bonds. The number of benzene rings is 1. The van der Waals surface area contributed by atoms with Gasteiger partial charge in [-0.3, -0.25) is 9.69 Å². The number of amides is 1. The summed E-state index contributed by atoms with van der Waals surface area (Å²) in [4.78, 5) is 14.1. The molecule has 0 radical (unpaired) electrons. The summed E-state index contributed by atoms with van der Waals surface area (Å²) in [5.74, 6) is 0.0987. The molecular weight excluding hydrogens is 381 g/mol. The predicted octanol–water partition coefficient (Wildman–Crippen LogP) is 3.87. The molecule has 2 saturated heterocycles. The van der Waals surface area contributed by atoms with Crippen molar-refractivity contribution in [3.63, 3.8) is 0 Å². The molecular formula is C23H28FN5O. The average molecular weight is 410 g/mol. The van der Waals surface area contributed by atoms with Gasteiger partial charge in [0.1, 0.15) is 0 Å². The van der Waals surface area contributed by atoms with Crippen LogP contribution in [0.3, 0.4) is 0 Å². The van der Waals surface area contributed by atoms with E-state index in [1.165, 1.54) is 18.4 Å². The van der Waals surface area contributed by atoms with E-state index >= 15 is 0 Å². The molecule has 2 bridgehead atoms. The van der Waals surface area contributed by atoms with E-state index in [0.717, 1.165) is 31.5 Å². The Morgan fingerprint density at radius 3 is 2.67 bits per heavy atom. The number of aromatic nitrogens is 3. The molecule has 2 fully saturated rings. The molecule has 4 atom stereocenters. The molecule has 6 nitrogen and oxygen atoms in total. The molecule has 2 aromatic rings. The van der Waals surface area contributed by atoms with Crippen molar-refractivity contribution in [3.05, 3.63) is 59.2 Å². The monoisotopic (exact) mass is 409 g/mol. The first-order chi connectivity index (χ1) is 14.6. The number of nitrogens with two attached hydrogens (primary N) is 1. The van der Waals surface area contributed by atoms with Gasteiger partial charge in [0, 0.05) is 30.6 Å². The SMILES string of the molecule is NC(=O)c1cccc(C2C[C@H]3CC[C@@H](C2)N3Cc2cn(C3CC=C(F)CC3)nn2)c1. The fourth-order valence-electron chi connectivity index (χ4n) is 5.53. The smallest absolute Gasteiger partial charge is 0.248 e. The van der Waals surface area contributed by atoms with Crippen molar-refractivity contribution in [3.8, 4) is 0 Å². The molecule has 3 aliphatic rings. The van der Waals surface area contributed by atoms with Gasteiger partial charge in [-0.05, 0) is 62.1 Å². The number of halogens is 1. The number of carbonyl (C=O) groups is 1. The minimum atomic E-state index is -0.364. The zero-order valence-electron chi connectivity index (χ0n) is 17.1. The fourth-order valence-corrected chi connectivity index (χ4v) is 5.53. The highest BCUT2D eigenvalue weighted by molar-refractivity contribution is 5.92. The van der Waals surface area contributed by atoms with Gasteiger partial charge >= 0.3 is 0 Å². The Bertz CT molecular complexity index is 956. The highest BCUT2D eigenvalue weighted by atomic mass is 19.1. The minimum Gasteiger partial charge on any atom is -0.366 e. The van der Waals surface area contributed by atoms with Gasteiger partial charge in [0.2, 0.25) is 5.91 Å². The van der Waals surface area contributed by atoms with Crippen molar-refractivity contribution < 1.29 is 9.18 Å². The number of allylic oxidation sites excluding steroid dienone is 2. The second kappa shape index (κ2) is 7.95. The van der Waals surface area contributed by atoms with Gasteiger partial charge in [-0.25, -0.2) is 9.07 Å². The van der Waals surface area contributed by atoms with E-state index in [2.05, 4.69) is 21.3 Å². The number of rotatable bonds is 5. The second-order valence-electron chi connectivity index (χ2n) is 8.98. The number of hydrogen-bond acceptors (Lipinski definition) is 4. The predicted molar refractivity (Wildman–Crippen MR) is 111 cm³/mol. The third-order valence-corrected chi connectivity index (χ3v) is 7.13. The largest absolute Gasteiger partial charge is 0.366 e. The Morgan fingerprint density at radius 1 is 1.17 bits per heavy atom. The van der Waals surface area contributed by atoms with E-state index in [1.807, 2.05) is 23.0 Å². The Morgan fingerprint density at radius 2 is 1.97 bits per heavy atom. The van der Waals surface area contributed by atoms with E-state index in [-0.39, 0.29) is 17.8 Å². The van der Waals surface area contributed by atoms with Crippen molar-refractivity contribution in [1.29, 1.82) is 0 Å². The summed E-state index contributed by atoms with van der Waals surface area (Å²) in [6.45, 7) is 0.820. The Balaban J connectivity index is 1.25. The summed E-state index contributed by atoms with van der Waals surface area (Å²) < 4.78 is 15.2. The number of piperidine rings is 1. The van der Waals surface area contributed by atoms with Gasteiger partial charge in [-0.15, -0.1) is 5.10 Å². The van der Waals surface area contributed by atoms with Crippen LogP contribution in [0.2, 0.25) is 0 Å². The molecule has 3 heterocycles. The normalized spacial score (nSPS) is 29.0. The molecule has 5 rings (SSSR count). The maximum Gasteiger partial charge on any atom is 0.248 e. The first-order valence-electron chi connectivity index (χ1n) is 11.0. The number of carbonyl (C=O) groups excluding carboxylic acids is 1. The Labute approximate surface area is 175 Å². The highest BCUT2D eigenvalue weighted by Crippen LogP contribution is 2.43. The van der Waals surface area contributed by atoms with Crippen molar-refractivity contribution in [1.82, 2.24) is 19.9 Å². The third-order valence-electron chi connectivity index (χ3n) is 7.13. The zero-order valence-corrected chi connectivity index (χ0v) is 17.1. The number of primary amides is 1. The minimum absolute atomic E-state index is 0.00704. The molecule has 2 unspecified atom stereocenters. The van der Waals surface area contributed by atoms with Crippen molar-refractivity contribution in [2.45, 2.75) is 75.5 Å². The molecule has 2 N–H and O–H groups in total. The standard InChI is InChI=1S/C23H28FN5O/c24-18-4-6-20(7-5-18)29-14-19(26-27-29)13-28-21-8-9-22(28)12-17(11-21)15-2-1-3-16(10-15)23(25)30/h1-4,10,14,17,20-22H,5-9,11-13H2,(H2,25,30)/t17?,20?,21-,22+. The van der Waals surface area contributed by atoms with Crippen molar-refractivity contribution in [2.75, 3.05) is 0 Å². The lowest BCUT2D eigenvalue weighted by Gasteiger charge is -2.38. The molecule has 7 heteroatoms. The molecule has 30 heavy (non-hydrogen) atoms. The molecule has 158 valence electrons. The number of fused-ring (bicyclic) bond motifs is 2. The van der Waals surface area contributed by atoms with Crippen LogP contribution in [-0.4, -0.2) is 37.9 Å². The van der Waals surface area contributed by atoms with E-state index in [1.54, 1.807) is 12.1 Å². The molecule has 0 saturated carbocycles. The number of hydrogen-bond donors (Lipinski definition) is 1. The van der Waals surface area contributed by atoms with Crippen LogP contribution in [0, 0.1) is 0 Å². The Hall–Kier alpha value is -2.54. The van der Waals surface area contributed by atoms with E-state index < -0.39 is 0 Å². The van der Waals surface area contributed by atoms with Crippen LogP contribution in [0.15, 0.2) is 42.4 Å². The number of nitrogens with zero attached hydrogens (tertiary/aromatic N) is 4. The van der Waals surface area contributed by atoms with E-state index in [4.69, 9.17) is 5.73 Å². The maximum atomic E-state index is 13.3. The van der Waals surface area contributed by atoms with Gasteiger partial charge in [-0.1, -0.05) is 23.4 Å². The molecule has 2 aliphatic heterocycles. The first kappa shape index (κ1) is 19.4.